The Morgan fingerprint density at radius 1 is 1.00 bits per heavy atom. The summed E-state index contributed by atoms with van der Waals surface area (Å²) in [6.07, 6.45) is 0. The van der Waals surface area contributed by atoms with E-state index in [1.54, 1.807) is 19.2 Å². The molecule has 1 N–H and O–H groups in total. The third-order valence-corrected chi connectivity index (χ3v) is 5.35. The normalized spacial score (nSPS) is 10.7. The lowest BCUT2D eigenvalue weighted by molar-refractivity contribution is 0.279. The maximum absolute atomic E-state index is 13.9. The van der Waals surface area contributed by atoms with E-state index in [1.165, 1.54) is 11.6 Å². The lowest BCUT2D eigenvalue weighted by Crippen LogP contribution is -2.13. The average molecular weight is 465 g/mol. The monoisotopic (exact) mass is 463 g/mol. The molecule has 0 saturated carbocycles. The average Bonchev–Trinajstić information content (AvgIpc) is 2.70. The fourth-order valence-corrected chi connectivity index (χ4v) is 3.42. The molecular weight excluding hydrogens is 445 g/mol. The lowest BCUT2D eigenvalue weighted by Gasteiger charge is -2.15. The molecule has 0 aliphatic rings. The van der Waals surface area contributed by atoms with Gasteiger partial charge in [-0.3, -0.25) is 0 Å². The first-order chi connectivity index (χ1) is 13.6. The van der Waals surface area contributed by atoms with Gasteiger partial charge >= 0.3 is 0 Å². The maximum atomic E-state index is 13.9. The molecule has 0 aliphatic carbocycles. The van der Waals surface area contributed by atoms with E-state index in [1.807, 2.05) is 30.3 Å². The van der Waals surface area contributed by atoms with Crippen LogP contribution < -0.4 is 14.8 Å². The summed E-state index contributed by atoms with van der Waals surface area (Å²) in [5.74, 6) is 0.694. The minimum Gasteiger partial charge on any atom is -0.493 e. The molecule has 3 aromatic rings. The topological polar surface area (TPSA) is 30.5 Å². The number of halogens is 3. The quantitative estimate of drug-likeness (QED) is 0.436. The minimum atomic E-state index is -0.396. The van der Waals surface area contributed by atoms with E-state index in [4.69, 9.17) is 21.1 Å². The van der Waals surface area contributed by atoms with Crippen molar-refractivity contribution >= 4 is 27.5 Å². The minimum absolute atomic E-state index is 0.0138. The van der Waals surface area contributed by atoms with E-state index in [0.29, 0.717) is 28.6 Å². The van der Waals surface area contributed by atoms with Crippen molar-refractivity contribution in [3.05, 3.63) is 92.7 Å². The molecule has 0 saturated heterocycles. The largest absolute Gasteiger partial charge is 0.493 e. The molecule has 3 rings (SSSR count). The molecule has 28 heavy (non-hydrogen) atoms. The molecule has 146 valence electrons. The highest BCUT2D eigenvalue weighted by Crippen LogP contribution is 2.34. The van der Waals surface area contributed by atoms with Crippen LogP contribution in [0.4, 0.5) is 4.39 Å². The first kappa shape index (κ1) is 20.6. The van der Waals surface area contributed by atoms with Gasteiger partial charge in [0.25, 0.3) is 0 Å². The predicted molar refractivity (Wildman–Crippen MR) is 113 cm³/mol. The Bertz CT molecular complexity index is 917. The van der Waals surface area contributed by atoms with E-state index < -0.39 is 5.82 Å². The molecule has 6 heteroatoms. The van der Waals surface area contributed by atoms with Crippen molar-refractivity contribution in [2.45, 2.75) is 19.7 Å². The van der Waals surface area contributed by atoms with E-state index in [-0.39, 0.29) is 6.61 Å². The van der Waals surface area contributed by atoms with Crippen LogP contribution in [0.2, 0.25) is 5.02 Å². The Hall–Kier alpha value is -2.08. The zero-order chi connectivity index (χ0) is 19.9. The van der Waals surface area contributed by atoms with Crippen LogP contribution in [0.25, 0.3) is 0 Å². The summed E-state index contributed by atoms with van der Waals surface area (Å²) in [6, 6.07) is 18.5. The van der Waals surface area contributed by atoms with Gasteiger partial charge in [0.05, 0.1) is 12.1 Å². The summed E-state index contributed by atoms with van der Waals surface area (Å²) in [7, 11) is 1.58. The van der Waals surface area contributed by atoms with Crippen LogP contribution in [-0.2, 0) is 19.7 Å². The maximum Gasteiger partial charge on any atom is 0.162 e. The van der Waals surface area contributed by atoms with Crippen molar-refractivity contribution in [2.75, 3.05) is 7.11 Å². The fraction of sp³-hybridized carbons (Fsp3) is 0.182. The van der Waals surface area contributed by atoms with Crippen molar-refractivity contribution in [3.63, 3.8) is 0 Å². The zero-order valence-corrected chi connectivity index (χ0v) is 17.7. The molecule has 0 heterocycles. The summed E-state index contributed by atoms with van der Waals surface area (Å²) < 4.78 is 26.1. The van der Waals surface area contributed by atoms with Crippen molar-refractivity contribution in [1.29, 1.82) is 0 Å². The Kier molecular flexibility index (Phi) is 7.31. The molecule has 0 aromatic heterocycles. The Morgan fingerprint density at radius 3 is 2.50 bits per heavy atom. The highest BCUT2D eigenvalue weighted by Gasteiger charge is 2.13. The van der Waals surface area contributed by atoms with Crippen molar-refractivity contribution in [1.82, 2.24) is 5.32 Å². The second-order valence-corrected chi connectivity index (χ2v) is 7.43. The van der Waals surface area contributed by atoms with E-state index in [9.17, 15) is 4.39 Å². The third kappa shape index (κ3) is 5.25. The number of hydrogen-bond acceptors (Lipinski definition) is 3. The molecule has 0 aliphatic heterocycles. The van der Waals surface area contributed by atoms with Gasteiger partial charge in [0, 0.05) is 23.1 Å². The van der Waals surface area contributed by atoms with Crippen LogP contribution in [0.15, 0.2) is 65.1 Å². The highest BCUT2D eigenvalue weighted by molar-refractivity contribution is 9.10. The second-order valence-electron chi connectivity index (χ2n) is 6.17. The number of methoxy groups -OCH3 is 1. The molecular formula is C22H20BrClFNO2. The smallest absolute Gasteiger partial charge is 0.162 e. The number of ether oxygens (including phenoxy) is 2. The third-order valence-electron chi connectivity index (χ3n) is 4.25. The van der Waals surface area contributed by atoms with Gasteiger partial charge in [-0.2, -0.15) is 0 Å². The standard InChI is InChI=1S/C22H20BrClFNO2/c1-27-21-10-16(13-26-12-15-6-3-2-4-7-15)18(23)11-22(21)28-14-17-19(24)8-5-9-20(17)25/h2-11,26H,12-14H2,1H3. The summed E-state index contributed by atoms with van der Waals surface area (Å²) in [5, 5.41) is 3.74. The number of rotatable bonds is 8. The Morgan fingerprint density at radius 2 is 1.79 bits per heavy atom. The van der Waals surface area contributed by atoms with Gasteiger partial charge in [-0.1, -0.05) is 63.9 Å². The van der Waals surface area contributed by atoms with E-state index >= 15 is 0 Å². The van der Waals surface area contributed by atoms with Crippen LogP contribution in [0.1, 0.15) is 16.7 Å². The number of nitrogens with one attached hydrogen (secondary N) is 1. The molecule has 0 fully saturated rings. The number of hydrogen-bond donors (Lipinski definition) is 1. The molecule has 0 unspecified atom stereocenters. The van der Waals surface area contributed by atoms with Crippen LogP contribution in [-0.4, -0.2) is 7.11 Å². The van der Waals surface area contributed by atoms with Crippen molar-refractivity contribution in [3.8, 4) is 11.5 Å². The van der Waals surface area contributed by atoms with Gasteiger partial charge in [-0.15, -0.1) is 0 Å². The van der Waals surface area contributed by atoms with Crippen molar-refractivity contribution in [2.24, 2.45) is 0 Å². The predicted octanol–water partition coefficient (Wildman–Crippen LogP) is 6.12. The van der Waals surface area contributed by atoms with Gasteiger partial charge in [-0.25, -0.2) is 4.39 Å². The van der Waals surface area contributed by atoms with Crippen LogP contribution in [0, 0.1) is 5.82 Å². The Balaban J connectivity index is 1.68. The summed E-state index contributed by atoms with van der Waals surface area (Å²) in [4.78, 5) is 0. The molecule has 0 bridgehead atoms. The SMILES string of the molecule is COc1cc(CNCc2ccccc2)c(Br)cc1OCc1c(F)cccc1Cl. The number of benzene rings is 3. The van der Waals surface area contributed by atoms with Crippen molar-refractivity contribution < 1.29 is 13.9 Å². The zero-order valence-electron chi connectivity index (χ0n) is 15.3. The van der Waals surface area contributed by atoms with Crippen LogP contribution in [0.5, 0.6) is 11.5 Å². The summed E-state index contributed by atoms with van der Waals surface area (Å²) in [6.45, 7) is 1.44. The van der Waals surface area contributed by atoms with Gasteiger partial charge in [0.1, 0.15) is 12.4 Å². The van der Waals surface area contributed by atoms with Gasteiger partial charge < -0.3 is 14.8 Å². The first-order valence-corrected chi connectivity index (χ1v) is 9.92. The first-order valence-electron chi connectivity index (χ1n) is 8.75. The van der Waals surface area contributed by atoms with E-state index in [0.717, 1.165) is 16.6 Å². The highest BCUT2D eigenvalue weighted by atomic mass is 79.9. The summed E-state index contributed by atoms with van der Waals surface area (Å²) >= 11 is 9.64. The van der Waals surface area contributed by atoms with E-state index in [2.05, 4.69) is 33.4 Å². The molecule has 0 radical (unpaired) electrons. The van der Waals surface area contributed by atoms with Gasteiger partial charge in [0.2, 0.25) is 0 Å². The summed E-state index contributed by atoms with van der Waals surface area (Å²) in [5.41, 5.74) is 2.56. The van der Waals surface area contributed by atoms with Crippen LogP contribution >= 0.6 is 27.5 Å². The molecule has 0 spiro atoms. The fourth-order valence-electron chi connectivity index (χ4n) is 2.74. The van der Waals surface area contributed by atoms with Crippen LogP contribution in [0.3, 0.4) is 0 Å². The Labute approximate surface area is 177 Å². The molecule has 0 atom stereocenters. The lowest BCUT2D eigenvalue weighted by atomic mass is 10.1. The molecule has 3 nitrogen and oxygen atoms in total. The van der Waals surface area contributed by atoms with Gasteiger partial charge in [-0.05, 0) is 35.4 Å². The second kappa shape index (κ2) is 9.92. The molecule has 3 aromatic carbocycles. The molecule has 0 amide bonds. The van der Waals surface area contributed by atoms with Gasteiger partial charge in [0.15, 0.2) is 11.5 Å².